The van der Waals surface area contributed by atoms with E-state index in [4.69, 9.17) is 17.3 Å². The maximum absolute atomic E-state index is 13.4. The molecule has 2 rings (SSSR count). The highest BCUT2D eigenvalue weighted by molar-refractivity contribution is 6.32. The van der Waals surface area contributed by atoms with E-state index in [1.165, 1.54) is 12.1 Å². The van der Waals surface area contributed by atoms with Crippen molar-refractivity contribution < 1.29 is 4.39 Å². The van der Waals surface area contributed by atoms with Gasteiger partial charge in [0.1, 0.15) is 11.9 Å². The number of halogens is 2. The Balaban J connectivity index is 2.63. The highest BCUT2D eigenvalue weighted by Gasteiger charge is 2.13. The Morgan fingerprint density at radius 1 is 1.26 bits per heavy atom. The van der Waals surface area contributed by atoms with Crippen LogP contribution in [0.25, 0.3) is 11.3 Å². The lowest BCUT2D eigenvalue weighted by molar-refractivity contribution is 0.628. The van der Waals surface area contributed by atoms with Crippen LogP contribution in [0, 0.1) is 17.1 Å². The maximum atomic E-state index is 13.4. The van der Waals surface area contributed by atoms with E-state index in [-0.39, 0.29) is 16.3 Å². The number of pyridine rings is 1. The van der Waals surface area contributed by atoms with Gasteiger partial charge in [0.25, 0.3) is 0 Å². The second-order valence-corrected chi connectivity index (χ2v) is 4.12. The lowest BCUT2D eigenvalue weighted by atomic mass is 10.0. The Morgan fingerprint density at radius 2 is 1.95 bits per heavy atom. The molecule has 0 fully saturated rings. The number of allylic oxidation sites excluding steroid dienone is 1. The van der Waals surface area contributed by atoms with E-state index >= 15 is 0 Å². The van der Waals surface area contributed by atoms with Crippen LogP contribution in [-0.4, -0.2) is 4.98 Å². The van der Waals surface area contributed by atoms with Crippen LogP contribution in [0.1, 0.15) is 11.1 Å². The highest BCUT2D eigenvalue weighted by Crippen LogP contribution is 2.28. The summed E-state index contributed by atoms with van der Waals surface area (Å²) in [6.07, 6.45) is 3.10. The zero-order chi connectivity index (χ0) is 13.8. The minimum absolute atomic E-state index is 0.0955. The quantitative estimate of drug-likeness (QED) is 0.855. The number of nitriles is 1. The third-order valence-electron chi connectivity index (χ3n) is 2.59. The van der Waals surface area contributed by atoms with Gasteiger partial charge in [-0.2, -0.15) is 5.26 Å². The number of aromatic nitrogens is 1. The van der Waals surface area contributed by atoms with E-state index < -0.39 is 5.82 Å². The van der Waals surface area contributed by atoms with Gasteiger partial charge < -0.3 is 5.73 Å². The molecule has 0 atom stereocenters. The summed E-state index contributed by atoms with van der Waals surface area (Å²) in [5.74, 6) is -0.575. The van der Waals surface area contributed by atoms with Crippen molar-refractivity contribution in [2.75, 3.05) is 0 Å². The maximum Gasteiger partial charge on any atom is 0.142 e. The van der Waals surface area contributed by atoms with Crippen molar-refractivity contribution in [1.82, 2.24) is 4.98 Å². The molecule has 3 nitrogen and oxygen atoms in total. The van der Waals surface area contributed by atoms with E-state index in [0.717, 1.165) is 0 Å². The van der Waals surface area contributed by atoms with Gasteiger partial charge in [0.05, 0.1) is 16.3 Å². The molecule has 2 N–H and O–H groups in total. The Kier molecular flexibility index (Phi) is 3.79. The lowest BCUT2D eigenvalue weighted by Gasteiger charge is -2.08. The van der Waals surface area contributed by atoms with Gasteiger partial charge >= 0.3 is 0 Å². The summed E-state index contributed by atoms with van der Waals surface area (Å²) in [4.78, 5) is 3.87. The molecule has 0 radical (unpaired) electrons. The Hall–Kier alpha value is -2.38. The average molecular weight is 274 g/mol. The van der Waals surface area contributed by atoms with E-state index in [2.05, 4.69) is 4.98 Å². The van der Waals surface area contributed by atoms with Crippen LogP contribution in [-0.2, 0) is 0 Å². The van der Waals surface area contributed by atoms with Crippen molar-refractivity contribution in [3.8, 4) is 6.07 Å². The average Bonchev–Trinajstić information content (AvgIpc) is 2.44. The Bertz CT molecular complexity index is 675. The molecule has 1 heterocycles. The standard InChI is InChI=1S/C14H9ClFN3/c15-13-10(2-1-3-12(13)16)14(18)11(8-17)9-4-6-19-7-5-9/h1-7H,18H2/b14-11-. The Morgan fingerprint density at radius 3 is 2.58 bits per heavy atom. The number of hydrogen-bond donors (Lipinski definition) is 1. The third kappa shape index (κ3) is 2.56. The molecular weight excluding hydrogens is 265 g/mol. The Labute approximate surface area is 114 Å². The third-order valence-corrected chi connectivity index (χ3v) is 2.98. The minimum Gasteiger partial charge on any atom is -0.397 e. The van der Waals surface area contributed by atoms with Crippen LogP contribution in [0.3, 0.4) is 0 Å². The predicted octanol–water partition coefficient (Wildman–Crippen LogP) is 3.22. The summed E-state index contributed by atoms with van der Waals surface area (Å²) in [6.45, 7) is 0. The van der Waals surface area contributed by atoms with Crippen LogP contribution in [0.5, 0.6) is 0 Å². The number of nitrogens with zero attached hydrogens (tertiary/aromatic N) is 2. The van der Waals surface area contributed by atoms with E-state index in [9.17, 15) is 9.65 Å². The van der Waals surface area contributed by atoms with E-state index in [0.29, 0.717) is 11.1 Å². The van der Waals surface area contributed by atoms with Gasteiger partial charge in [-0.15, -0.1) is 0 Å². The largest absolute Gasteiger partial charge is 0.397 e. The zero-order valence-electron chi connectivity index (χ0n) is 9.77. The molecule has 0 bridgehead atoms. The first kappa shape index (κ1) is 13.1. The number of nitrogens with two attached hydrogens (primary N) is 1. The van der Waals surface area contributed by atoms with Crippen molar-refractivity contribution >= 4 is 22.9 Å². The fourth-order valence-electron chi connectivity index (χ4n) is 1.65. The van der Waals surface area contributed by atoms with Crippen LogP contribution >= 0.6 is 11.6 Å². The summed E-state index contributed by atoms with van der Waals surface area (Å²) in [7, 11) is 0. The van der Waals surface area contributed by atoms with Crippen molar-refractivity contribution in [1.29, 1.82) is 5.26 Å². The molecular formula is C14H9ClFN3. The molecule has 1 aromatic carbocycles. The number of benzene rings is 1. The second kappa shape index (κ2) is 5.51. The molecule has 94 valence electrons. The summed E-state index contributed by atoms with van der Waals surface area (Å²) in [5, 5.41) is 9.13. The molecule has 0 amide bonds. The molecule has 19 heavy (non-hydrogen) atoms. The van der Waals surface area contributed by atoms with Gasteiger partial charge in [-0.1, -0.05) is 23.7 Å². The van der Waals surface area contributed by atoms with Crippen molar-refractivity contribution in [3.05, 3.63) is 64.7 Å². The monoisotopic (exact) mass is 273 g/mol. The lowest BCUT2D eigenvalue weighted by Crippen LogP contribution is -2.02. The van der Waals surface area contributed by atoms with Crippen molar-refractivity contribution in [2.24, 2.45) is 5.73 Å². The van der Waals surface area contributed by atoms with Gasteiger partial charge in [-0.3, -0.25) is 4.98 Å². The zero-order valence-corrected chi connectivity index (χ0v) is 10.5. The predicted molar refractivity (Wildman–Crippen MR) is 72.3 cm³/mol. The minimum atomic E-state index is -0.575. The second-order valence-electron chi connectivity index (χ2n) is 3.74. The molecule has 0 aliphatic heterocycles. The van der Waals surface area contributed by atoms with Crippen LogP contribution in [0.2, 0.25) is 5.02 Å². The molecule has 1 aromatic heterocycles. The SMILES string of the molecule is N#C/C(=C(/N)c1cccc(F)c1Cl)c1ccncc1. The van der Waals surface area contributed by atoms with Gasteiger partial charge in [-0.05, 0) is 23.8 Å². The first-order valence-corrected chi connectivity index (χ1v) is 5.77. The normalized spacial score (nSPS) is 11.6. The topological polar surface area (TPSA) is 62.7 Å². The fraction of sp³-hybridized carbons (Fsp3) is 0. The molecule has 0 saturated heterocycles. The van der Waals surface area contributed by atoms with Gasteiger partial charge in [0.2, 0.25) is 0 Å². The number of rotatable bonds is 2. The number of hydrogen-bond acceptors (Lipinski definition) is 3. The first-order valence-electron chi connectivity index (χ1n) is 5.39. The molecule has 0 aliphatic carbocycles. The summed E-state index contributed by atoms with van der Waals surface area (Å²) in [6, 6.07) is 9.61. The molecule has 0 unspecified atom stereocenters. The smallest absolute Gasteiger partial charge is 0.142 e. The van der Waals surface area contributed by atoms with E-state index in [1.54, 1.807) is 30.6 Å². The molecule has 5 heteroatoms. The van der Waals surface area contributed by atoms with Crippen molar-refractivity contribution in [3.63, 3.8) is 0 Å². The summed E-state index contributed by atoms with van der Waals surface area (Å²) in [5.41, 5.74) is 7.21. The fourth-order valence-corrected chi connectivity index (χ4v) is 1.87. The summed E-state index contributed by atoms with van der Waals surface area (Å²) >= 11 is 5.87. The van der Waals surface area contributed by atoms with Gasteiger partial charge in [0.15, 0.2) is 0 Å². The molecule has 0 aliphatic rings. The van der Waals surface area contributed by atoms with Crippen LogP contribution in [0.4, 0.5) is 4.39 Å². The first-order chi connectivity index (χ1) is 9.15. The van der Waals surface area contributed by atoms with Crippen LogP contribution in [0.15, 0.2) is 42.7 Å². The van der Waals surface area contributed by atoms with E-state index in [1.807, 2.05) is 6.07 Å². The van der Waals surface area contributed by atoms with Gasteiger partial charge in [0, 0.05) is 18.0 Å². The highest BCUT2D eigenvalue weighted by atomic mass is 35.5. The molecule has 2 aromatic rings. The summed E-state index contributed by atoms with van der Waals surface area (Å²) < 4.78 is 13.4. The molecule has 0 saturated carbocycles. The van der Waals surface area contributed by atoms with Crippen molar-refractivity contribution in [2.45, 2.75) is 0 Å². The van der Waals surface area contributed by atoms with Gasteiger partial charge in [-0.25, -0.2) is 4.39 Å². The van der Waals surface area contributed by atoms with Crippen LogP contribution < -0.4 is 5.73 Å². The molecule has 0 spiro atoms.